The van der Waals surface area contributed by atoms with Crippen molar-refractivity contribution >= 4 is 13.6 Å². The molecule has 50 valence electrons. The van der Waals surface area contributed by atoms with E-state index >= 15 is 0 Å². The van der Waals surface area contributed by atoms with E-state index < -0.39 is 5.82 Å². The van der Waals surface area contributed by atoms with Crippen molar-refractivity contribution in [1.82, 2.24) is 4.98 Å². The van der Waals surface area contributed by atoms with E-state index in [2.05, 4.69) is 24.8 Å². The number of pyridine rings is 1. The molecule has 1 rings (SSSR count). The number of halogens is 2. The van der Waals surface area contributed by atoms with Crippen LogP contribution in [-0.4, -0.2) is 4.98 Å². The van der Waals surface area contributed by atoms with Gasteiger partial charge in [0.25, 0.3) is 0 Å². The van der Waals surface area contributed by atoms with Crippen LogP contribution in [0.15, 0.2) is 12.3 Å². The molecule has 0 bridgehead atoms. The molecule has 0 N–H and O–H groups in total. The third-order valence-electron chi connectivity index (χ3n) is 0.794. The van der Waals surface area contributed by atoms with Gasteiger partial charge in [-0.1, -0.05) is 13.1 Å². The Labute approximate surface area is 76.1 Å². The number of rotatable bonds is 0. The Morgan fingerprint density at radius 1 is 1.70 bits per heavy atom. The Hall–Kier alpha value is 0.183. The monoisotopic (exact) mass is 253 g/mol. The summed E-state index contributed by atoms with van der Waals surface area (Å²) in [5.41, 5.74) is 0.821. The van der Waals surface area contributed by atoms with Crippen LogP contribution in [-0.2, 0) is 16.3 Å². The third-order valence-corrected chi connectivity index (χ3v) is 0.794. The summed E-state index contributed by atoms with van der Waals surface area (Å²) >= 11 is 4.25. The predicted octanol–water partition coefficient (Wildman–Crippen LogP) is 2.17. The Balaban J connectivity index is 0.000000371. The fourth-order valence-corrected chi connectivity index (χ4v) is 0.465. The second-order valence-electron chi connectivity index (χ2n) is 1.61. The summed E-state index contributed by atoms with van der Waals surface area (Å²) in [5, 5.41) is 0. The molecule has 0 atom stereocenters. The number of aryl methyl sites for hydroxylation is 1. The molecule has 4 heteroatoms. The van der Waals surface area contributed by atoms with Gasteiger partial charge in [0.1, 0.15) is 0 Å². The van der Waals surface area contributed by atoms with Gasteiger partial charge in [-0.2, -0.15) is 0 Å². The van der Waals surface area contributed by atoms with Crippen molar-refractivity contribution in [3.63, 3.8) is 0 Å². The molecule has 1 aromatic rings. The molecule has 0 aliphatic rings. The van der Waals surface area contributed by atoms with E-state index in [1.165, 1.54) is 22.4 Å². The molecule has 0 aliphatic heterocycles. The maximum atomic E-state index is 12.0. The van der Waals surface area contributed by atoms with Gasteiger partial charge >= 0.3 is 30.0 Å². The minimum atomic E-state index is -0.398. The average Bonchev–Trinajstić information content (AvgIpc) is 1.91. The van der Waals surface area contributed by atoms with Crippen LogP contribution in [0.1, 0.15) is 5.56 Å². The van der Waals surface area contributed by atoms with Crippen LogP contribution in [0.25, 0.3) is 0 Å². The zero-order chi connectivity index (χ0) is 7.98. The summed E-state index contributed by atoms with van der Waals surface area (Å²) in [6.45, 7) is 1.78. The van der Waals surface area contributed by atoms with Crippen molar-refractivity contribution in [3.05, 3.63) is 29.8 Å². The molecule has 1 aromatic heterocycles. The van der Waals surface area contributed by atoms with Crippen LogP contribution in [0.5, 0.6) is 0 Å². The molecule has 0 aromatic carbocycles. The van der Waals surface area contributed by atoms with Gasteiger partial charge in [0.15, 0.2) is 0 Å². The van der Waals surface area contributed by atoms with Crippen molar-refractivity contribution in [2.45, 2.75) is 6.92 Å². The van der Waals surface area contributed by atoms with Crippen LogP contribution >= 0.6 is 13.6 Å². The molecule has 0 saturated heterocycles. The molecule has 1 heterocycles. The van der Waals surface area contributed by atoms with E-state index in [1.54, 1.807) is 13.1 Å². The first kappa shape index (κ1) is 10.2. The molecule has 0 fully saturated rings. The van der Waals surface area contributed by atoms with Crippen molar-refractivity contribution in [2.24, 2.45) is 0 Å². The van der Waals surface area contributed by atoms with E-state index in [1.807, 2.05) is 0 Å². The number of hydrogen-bond acceptors (Lipinski definition) is 1. The first-order valence-electron chi connectivity index (χ1n) is 2.55. The van der Waals surface area contributed by atoms with E-state index in [9.17, 15) is 4.39 Å². The summed E-state index contributed by atoms with van der Waals surface area (Å²) in [6, 6.07) is 1.38. The zero-order valence-electron chi connectivity index (χ0n) is 5.56. The van der Waals surface area contributed by atoms with Gasteiger partial charge in [-0.3, -0.25) is 0 Å². The van der Waals surface area contributed by atoms with Crippen molar-refractivity contribution in [2.75, 3.05) is 0 Å². The van der Waals surface area contributed by atoms with Crippen molar-refractivity contribution < 1.29 is 20.7 Å². The van der Waals surface area contributed by atoms with E-state index in [-0.39, 0.29) is 0 Å². The Kier molecular flexibility index (Phi) is 6.04. The van der Waals surface area contributed by atoms with Gasteiger partial charge < -0.3 is 4.98 Å². The molecule has 10 heavy (non-hydrogen) atoms. The molecule has 0 radical (unpaired) electrons. The van der Waals surface area contributed by atoms with Gasteiger partial charge in [-0.25, -0.2) is 4.39 Å². The van der Waals surface area contributed by atoms with E-state index in [4.69, 9.17) is 0 Å². The van der Waals surface area contributed by atoms with Crippen LogP contribution in [0.2, 0.25) is 0 Å². The number of nitrogens with zero attached hydrogens (tertiary/aromatic N) is 1. The van der Waals surface area contributed by atoms with Gasteiger partial charge in [0, 0.05) is 5.82 Å². The standard InChI is InChI=1S/C6H5FN.BrH.Zn/c1-5-2-6(7)4-8-3-5;;/h2-3H,1H3;1H;/q-1;;+2/p-1. The predicted molar refractivity (Wildman–Crippen MR) is 36.7 cm³/mol. The SMILES string of the molecule is Cc1cn[c-]c(F)c1.[Zn+][Br]. The van der Waals surface area contributed by atoms with Crippen LogP contribution in [0.3, 0.4) is 0 Å². The third kappa shape index (κ3) is 4.07. The van der Waals surface area contributed by atoms with E-state index in [0.29, 0.717) is 0 Å². The van der Waals surface area contributed by atoms with Crippen molar-refractivity contribution in [3.8, 4) is 0 Å². The Morgan fingerprint density at radius 2 is 2.30 bits per heavy atom. The summed E-state index contributed by atoms with van der Waals surface area (Å²) in [5.74, 6) is -0.398. The topological polar surface area (TPSA) is 12.9 Å². The second kappa shape index (κ2) is 5.93. The summed E-state index contributed by atoms with van der Waals surface area (Å²) in [6.07, 6.45) is 3.71. The molecule has 0 aliphatic carbocycles. The first-order valence-corrected chi connectivity index (χ1v) is 9.50. The van der Waals surface area contributed by atoms with Gasteiger partial charge in [0.05, 0.1) is 0 Å². The summed E-state index contributed by atoms with van der Waals surface area (Å²) in [4.78, 5) is 3.48. The Bertz CT molecular complexity index is 178. The van der Waals surface area contributed by atoms with Gasteiger partial charge in [-0.05, 0) is 6.20 Å². The van der Waals surface area contributed by atoms with Gasteiger partial charge in [-0.15, -0.1) is 11.6 Å². The van der Waals surface area contributed by atoms with Gasteiger partial charge in [0.2, 0.25) is 0 Å². The Morgan fingerprint density at radius 3 is 2.60 bits per heavy atom. The zero-order valence-corrected chi connectivity index (χ0v) is 10.1. The second-order valence-corrected chi connectivity index (χ2v) is 1.61. The molecule has 0 saturated carbocycles. The number of hydrogen-bond donors (Lipinski definition) is 0. The van der Waals surface area contributed by atoms with E-state index in [0.717, 1.165) is 5.56 Å². The summed E-state index contributed by atoms with van der Waals surface area (Å²) < 4.78 is 12.0. The molecule has 0 unspecified atom stereocenters. The molecule has 0 amide bonds. The number of aromatic nitrogens is 1. The van der Waals surface area contributed by atoms with Crippen LogP contribution in [0, 0.1) is 18.9 Å². The molecular formula is C6H5BrFNZn. The quantitative estimate of drug-likeness (QED) is 0.511. The van der Waals surface area contributed by atoms with Crippen LogP contribution < -0.4 is 0 Å². The fourth-order valence-electron chi connectivity index (χ4n) is 0.465. The molecule has 1 nitrogen and oxygen atoms in total. The van der Waals surface area contributed by atoms with Crippen molar-refractivity contribution in [1.29, 1.82) is 0 Å². The first-order chi connectivity index (χ1) is 4.79. The maximum absolute atomic E-state index is 12.0. The summed E-state index contributed by atoms with van der Waals surface area (Å²) in [7, 11) is 0. The minimum absolute atomic E-state index is 0.398. The van der Waals surface area contributed by atoms with Crippen LogP contribution in [0.4, 0.5) is 4.39 Å². The molecular weight excluding hydrogens is 250 g/mol. The average molecular weight is 255 g/mol. The fraction of sp³-hybridized carbons (Fsp3) is 0.167. The molecule has 0 spiro atoms. The normalized spacial score (nSPS) is 8.10.